The van der Waals surface area contributed by atoms with Crippen molar-refractivity contribution >= 4 is 21.6 Å². The van der Waals surface area contributed by atoms with Gasteiger partial charge in [-0.25, -0.2) is 0 Å². The molecule has 5 heteroatoms. The summed E-state index contributed by atoms with van der Waals surface area (Å²) in [5.41, 5.74) is 1.59. The first kappa shape index (κ1) is 14.8. The Bertz CT molecular complexity index is 577. The van der Waals surface area contributed by atoms with E-state index in [0.29, 0.717) is 5.69 Å². The van der Waals surface area contributed by atoms with Crippen molar-refractivity contribution in [2.45, 2.75) is 19.6 Å². The van der Waals surface area contributed by atoms with Gasteiger partial charge in [0.15, 0.2) is 0 Å². The van der Waals surface area contributed by atoms with Crippen molar-refractivity contribution in [2.75, 3.05) is 5.32 Å². The first-order valence-electron chi connectivity index (χ1n) is 6.12. The summed E-state index contributed by atoms with van der Waals surface area (Å²) in [5.74, 6) is 0.143. The highest BCUT2D eigenvalue weighted by molar-refractivity contribution is 9.10. The molecule has 0 aliphatic heterocycles. The summed E-state index contributed by atoms with van der Waals surface area (Å²) in [5, 5.41) is 3.18. The van der Waals surface area contributed by atoms with E-state index in [9.17, 15) is 8.78 Å². The molecule has 1 unspecified atom stereocenters. The fourth-order valence-corrected chi connectivity index (χ4v) is 2.29. The van der Waals surface area contributed by atoms with Crippen LogP contribution in [0.1, 0.15) is 18.5 Å². The third kappa shape index (κ3) is 3.93. The largest absolute Gasteiger partial charge is 0.433 e. The zero-order valence-electron chi connectivity index (χ0n) is 10.8. The fraction of sp³-hybridized carbons (Fsp3) is 0.200. The molecule has 106 valence electrons. The maximum Gasteiger partial charge on any atom is 0.387 e. The van der Waals surface area contributed by atoms with Gasteiger partial charge in [0, 0.05) is 10.5 Å². The minimum absolute atomic E-state index is 0.0325. The smallest absolute Gasteiger partial charge is 0.387 e. The molecule has 1 N–H and O–H groups in total. The molecule has 0 radical (unpaired) electrons. The van der Waals surface area contributed by atoms with Crippen LogP contribution >= 0.6 is 15.9 Å². The Kier molecular flexibility index (Phi) is 4.95. The van der Waals surface area contributed by atoms with Gasteiger partial charge in [-0.2, -0.15) is 8.78 Å². The lowest BCUT2D eigenvalue weighted by Crippen LogP contribution is -2.10. The molecule has 0 saturated carbocycles. The zero-order chi connectivity index (χ0) is 14.5. The van der Waals surface area contributed by atoms with E-state index < -0.39 is 6.61 Å². The molecule has 0 bridgehead atoms. The summed E-state index contributed by atoms with van der Waals surface area (Å²) >= 11 is 3.41. The van der Waals surface area contributed by atoms with Gasteiger partial charge in [-0.05, 0) is 36.8 Å². The molecule has 20 heavy (non-hydrogen) atoms. The van der Waals surface area contributed by atoms with Crippen molar-refractivity contribution in [3.05, 3.63) is 58.6 Å². The van der Waals surface area contributed by atoms with E-state index in [2.05, 4.69) is 26.0 Å². The molecule has 0 aromatic heterocycles. The second-order valence-corrected chi connectivity index (χ2v) is 5.21. The highest BCUT2D eigenvalue weighted by atomic mass is 79.9. The lowest BCUT2D eigenvalue weighted by molar-refractivity contribution is -0.0493. The molecule has 2 aromatic rings. The van der Waals surface area contributed by atoms with Crippen LogP contribution in [0.4, 0.5) is 14.5 Å². The summed E-state index contributed by atoms with van der Waals surface area (Å²) in [4.78, 5) is 0. The quantitative estimate of drug-likeness (QED) is 0.804. The van der Waals surface area contributed by atoms with Crippen molar-refractivity contribution in [1.29, 1.82) is 0 Å². The lowest BCUT2D eigenvalue weighted by Gasteiger charge is -2.18. The number of ether oxygens (including phenoxy) is 1. The van der Waals surface area contributed by atoms with Crippen molar-refractivity contribution < 1.29 is 13.5 Å². The van der Waals surface area contributed by atoms with E-state index in [0.717, 1.165) is 10.0 Å². The highest BCUT2D eigenvalue weighted by Gasteiger charge is 2.12. The third-order valence-corrected chi connectivity index (χ3v) is 3.32. The molecule has 2 nitrogen and oxygen atoms in total. The average Bonchev–Trinajstić information content (AvgIpc) is 2.40. The van der Waals surface area contributed by atoms with Crippen LogP contribution < -0.4 is 10.1 Å². The number of hydrogen-bond acceptors (Lipinski definition) is 2. The van der Waals surface area contributed by atoms with Gasteiger partial charge in [-0.15, -0.1) is 0 Å². The van der Waals surface area contributed by atoms with Crippen molar-refractivity contribution in [3.8, 4) is 5.75 Å². The van der Waals surface area contributed by atoms with Gasteiger partial charge in [0.1, 0.15) is 5.75 Å². The molecular weight excluding hydrogens is 328 g/mol. The molecule has 0 heterocycles. The Morgan fingerprint density at radius 1 is 1.10 bits per heavy atom. The fourth-order valence-electron chi connectivity index (χ4n) is 1.88. The minimum Gasteiger partial charge on any atom is -0.433 e. The molecule has 2 rings (SSSR count). The summed E-state index contributed by atoms with van der Waals surface area (Å²) < 4.78 is 30.2. The predicted octanol–water partition coefficient (Wildman–Crippen LogP) is 5.22. The van der Waals surface area contributed by atoms with Crippen LogP contribution in [-0.2, 0) is 0 Å². The van der Waals surface area contributed by atoms with Crippen molar-refractivity contribution in [1.82, 2.24) is 0 Å². The van der Waals surface area contributed by atoms with E-state index in [-0.39, 0.29) is 11.8 Å². The topological polar surface area (TPSA) is 21.3 Å². The molecule has 1 atom stereocenters. The number of anilines is 1. The summed E-state index contributed by atoms with van der Waals surface area (Å²) in [7, 11) is 0. The Morgan fingerprint density at radius 3 is 2.55 bits per heavy atom. The first-order valence-corrected chi connectivity index (χ1v) is 6.91. The van der Waals surface area contributed by atoms with Gasteiger partial charge in [-0.1, -0.05) is 40.2 Å². The first-order chi connectivity index (χ1) is 9.56. The number of para-hydroxylation sites is 2. The Labute approximate surface area is 124 Å². The second-order valence-electron chi connectivity index (χ2n) is 4.30. The van der Waals surface area contributed by atoms with Gasteiger partial charge >= 0.3 is 6.61 Å². The number of benzene rings is 2. The van der Waals surface area contributed by atoms with Crippen molar-refractivity contribution in [2.24, 2.45) is 0 Å². The molecule has 0 amide bonds. The van der Waals surface area contributed by atoms with E-state index in [4.69, 9.17) is 0 Å². The van der Waals surface area contributed by atoms with Gasteiger partial charge in [0.2, 0.25) is 0 Å². The summed E-state index contributed by atoms with van der Waals surface area (Å²) in [6, 6.07) is 14.4. The third-order valence-electron chi connectivity index (χ3n) is 2.82. The van der Waals surface area contributed by atoms with Gasteiger partial charge in [0.25, 0.3) is 0 Å². The van der Waals surface area contributed by atoms with Crippen LogP contribution in [0.2, 0.25) is 0 Å². The predicted molar refractivity (Wildman–Crippen MR) is 79.3 cm³/mol. The number of halogens is 3. The van der Waals surface area contributed by atoms with E-state index in [1.807, 2.05) is 31.2 Å². The Balaban J connectivity index is 2.17. The maximum atomic E-state index is 12.4. The van der Waals surface area contributed by atoms with Crippen LogP contribution in [0.5, 0.6) is 5.75 Å². The molecule has 0 fully saturated rings. The number of nitrogens with one attached hydrogen (secondary N) is 1. The molecule has 0 aliphatic rings. The van der Waals surface area contributed by atoms with E-state index in [1.165, 1.54) is 6.07 Å². The number of alkyl halides is 2. The molecule has 2 aromatic carbocycles. The van der Waals surface area contributed by atoms with Crippen LogP contribution in [0.15, 0.2) is 53.0 Å². The van der Waals surface area contributed by atoms with Crippen LogP contribution in [0.3, 0.4) is 0 Å². The Morgan fingerprint density at radius 2 is 1.85 bits per heavy atom. The number of hydrogen-bond donors (Lipinski definition) is 1. The zero-order valence-corrected chi connectivity index (χ0v) is 12.4. The molecule has 0 aliphatic carbocycles. The molecular formula is C15H14BrF2NO. The van der Waals surface area contributed by atoms with Crippen LogP contribution in [-0.4, -0.2) is 6.61 Å². The standard InChI is InChI=1S/C15H14BrF2NO/c1-10(11-5-4-6-12(16)9-11)19-13-7-2-3-8-14(13)20-15(17)18/h2-10,15,19H,1H3. The SMILES string of the molecule is CC(Nc1ccccc1OC(F)F)c1cccc(Br)c1. The lowest BCUT2D eigenvalue weighted by atomic mass is 10.1. The van der Waals surface area contributed by atoms with E-state index >= 15 is 0 Å². The van der Waals surface area contributed by atoms with Gasteiger partial charge in [0.05, 0.1) is 5.69 Å². The summed E-state index contributed by atoms with van der Waals surface area (Å²) in [6.07, 6.45) is 0. The van der Waals surface area contributed by atoms with E-state index in [1.54, 1.807) is 18.2 Å². The highest BCUT2D eigenvalue weighted by Crippen LogP contribution is 2.29. The minimum atomic E-state index is -2.83. The van der Waals surface area contributed by atoms with Gasteiger partial charge < -0.3 is 10.1 Å². The monoisotopic (exact) mass is 341 g/mol. The summed E-state index contributed by atoms with van der Waals surface area (Å²) in [6.45, 7) is -0.875. The van der Waals surface area contributed by atoms with Crippen molar-refractivity contribution in [3.63, 3.8) is 0 Å². The van der Waals surface area contributed by atoms with Crippen LogP contribution in [0.25, 0.3) is 0 Å². The normalized spacial score (nSPS) is 12.2. The second kappa shape index (κ2) is 6.70. The van der Waals surface area contributed by atoms with Gasteiger partial charge in [-0.3, -0.25) is 0 Å². The molecule has 0 spiro atoms. The molecule has 0 saturated heterocycles. The maximum absolute atomic E-state index is 12.4. The van der Waals surface area contributed by atoms with Crippen LogP contribution in [0, 0.1) is 0 Å². The average molecular weight is 342 g/mol. The Hall–Kier alpha value is -1.62. The number of rotatable bonds is 5.